The predicted octanol–water partition coefficient (Wildman–Crippen LogP) is 2.21. The van der Waals surface area contributed by atoms with Gasteiger partial charge in [-0.1, -0.05) is 12.1 Å². The summed E-state index contributed by atoms with van der Waals surface area (Å²) in [5, 5.41) is 8.97. The van der Waals surface area contributed by atoms with Crippen LogP contribution in [0.4, 0.5) is 0 Å². The van der Waals surface area contributed by atoms with Gasteiger partial charge in [-0.25, -0.2) is 0 Å². The Morgan fingerprint density at radius 3 is 2.53 bits per heavy atom. The lowest BCUT2D eigenvalue weighted by molar-refractivity contribution is -0.137. The van der Waals surface area contributed by atoms with E-state index in [2.05, 4.69) is 0 Å². The number of hydrogen-bond donors (Lipinski definition) is 1. The van der Waals surface area contributed by atoms with Crippen molar-refractivity contribution in [2.24, 2.45) is 0 Å². The summed E-state index contributed by atoms with van der Waals surface area (Å²) in [5.74, 6) is 0.544. The highest BCUT2D eigenvalue weighted by atomic mass is 16.5. The maximum atomic E-state index is 10.9. The van der Waals surface area contributed by atoms with E-state index in [0.717, 1.165) is 18.4 Å². The molecule has 0 radical (unpaired) electrons. The molecule has 1 aromatic carbocycles. The van der Waals surface area contributed by atoms with E-state index in [1.54, 1.807) is 14.2 Å². The van der Waals surface area contributed by atoms with Gasteiger partial charge in [0.2, 0.25) is 0 Å². The molecule has 4 heteroatoms. The van der Waals surface area contributed by atoms with E-state index in [4.69, 9.17) is 14.6 Å². The van der Waals surface area contributed by atoms with Gasteiger partial charge in [0, 0.05) is 11.0 Å². The molecule has 1 aliphatic carbocycles. The lowest BCUT2D eigenvalue weighted by atomic mass is 9.91. The van der Waals surface area contributed by atoms with Crippen molar-refractivity contribution in [1.29, 1.82) is 0 Å². The quantitative estimate of drug-likeness (QED) is 0.851. The highest BCUT2D eigenvalue weighted by molar-refractivity contribution is 5.71. The number of para-hydroxylation sites is 1. The molecule has 1 N–H and O–H groups in total. The molecule has 1 saturated carbocycles. The Morgan fingerprint density at radius 2 is 2.06 bits per heavy atom. The minimum atomic E-state index is -0.771. The van der Waals surface area contributed by atoms with Gasteiger partial charge in [-0.05, 0) is 18.9 Å². The Morgan fingerprint density at radius 1 is 1.35 bits per heavy atom. The van der Waals surface area contributed by atoms with Gasteiger partial charge in [0.25, 0.3) is 0 Å². The summed E-state index contributed by atoms with van der Waals surface area (Å²) >= 11 is 0. The van der Waals surface area contributed by atoms with Crippen molar-refractivity contribution < 1.29 is 19.4 Å². The summed E-state index contributed by atoms with van der Waals surface area (Å²) in [6, 6.07) is 5.62. The molecule has 2 rings (SSSR count). The average Bonchev–Trinajstić information content (AvgIpc) is 3.07. The molecule has 0 aromatic heterocycles. The summed E-state index contributed by atoms with van der Waals surface area (Å²) in [4.78, 5) is 10.9. The van der Waals surface area contributed by atoms with E-state index in [1.165, 1.54) is 0 Å². The number of hydrogen-bond acceptors (Lipinski definition) is 3. The van der Waals surface area contributed by atoms with Crippen LogP contribution in [0.25, 0.3) is 0 Å². The monoisotopic (exact) mass is 236 g/mol. The largest absolute Gasteiger partial charge is 0.493 e. The highest BCUT2D eigenvalue weighted by Crippen LogP contribution is 2.55. The fraction of sp³-hybridized carbons (Fsp3) is 0.462. The van der Waals surface area contributed by atoms with Gasteiger partial charge >= 0.3 is 5.97 Å². The zero-order chi connectivity index (χ0) is 12.5. The highest BCUT2D eigenvalue weighted by Gasteiger charge is 2.48. The lowest BCUT2D eigenvalue weighted by Crippen LogP contribution is -2.14. The van der Waals surface area contributed by atoms with Gasteiger partial charge in [-0.15, -0.1) is 0 Å². The smallest absolute Gasteiger partial charge is 0.304 e. The fourth-order valence-corrected chi connectivity index (χ4v) is 2.29. The molecule has 0 amide bonds. The summed E-state index contributed by atoms with van der Waals surface area (Å²) < 4.78 is 10.6. The first-order chi connectivity index (χ1) is 8.13. The molecule has 4 nitrogen and oxygen atoms in total. The molecule has 1 fully saturated rings. The number of ether oxygens (including phenoxy) is 2. The van der Waals surface area contributed by atoms with E-state index in [-0.39, 0.29) is 11.8 Å². The number of carboxylic acids is 1. The second-order valence-corrected chi connectivity index (χ2v) is 4.39. The van der Waals surface area contributed by atoms with Crippen LogP contribution in [0.3, 0.4) is 0 Å². The third-order valence-electron chi connectivity index (χ3n) is 3.32. The van der Waals surface area contributed by atoms with Crippen LogP contribution in [0.15, 0.2) is 18.2 Å². The van der Waals surface area contributed by atoms with Crippen molar-refractivity contribution in [2.75, 3.05) is 14.2 Å². The molecule has 0 spiro atoms. The molecule has 17 heavy (non-hydrogen) atoms. The van der Waals surface area contributed by atoms with Crippen LogP contribution in [0.2, 0.25) is 0 Å². The maximum Gasteiger partial charge on any atom is 0.304 e. The Labute approximate surface area is 100 Å². The first-order valence-electron chi connectivity index (χ1n) is 5.56. The van der Waals surface area contributed by atoms with Crippen molar-refractivity contribution in [3.05, 3.63) is 23.8 Å². The molecule has 1 aromatic rings. The molecule has 0 heterocycles. The van der Waals surface area contributed by atoms with Crippen molar-refractivity contribution >= 4 is 5.97 Å². The fourth-order valence-electron chi connectivity index (χ4n) is 2.29. The number of aliphatic carboxylic acids is 1. The molecule has 92 valence electrons. The number of methoxy groups -OCH3 is 2. The van der Waals surface area contributed by atoms with Gasteiger partial charge in [0.05, 0.1) is 20.6 Å². The van der Waals surface area contributed by atoms with Crippen LogP contribution in [0.5, 0.6) is 11.5 Å². The number of rotatable bonds is 5. The molecule has 0 unspecified atom stereocenters. The topological polar surface area (TPSA) is 55.8 Å². The molecule has 0 bridgehead atoms. The molecule has 0 saturated heterocycles. The first-order valence-corrected chi connectivity index (χ1v) is 5.56. The van der Waals surface area contributed by atoms with Crippen molar-refractivity contribution in [3.63, 3.8) is 0 Å². The van der Waals surface area contributed by atoms with Crippen LogP contribution in [-0.2, 0) is 10.2 Å². The van der Waals surface area contributed by atoms with Crippen molar-refractivity contribution in [3.8, 4) is 11.5 Å². The Balaban J connectivity index is 2.41. The lowest BCUT2D eigenvalue weighted by Gasteiger charge is -2.18. The third kappa shape index (κ3) is 2.07. The van der Waals surface area contributed by atoms with Crippen molar-refractivity contribution in [1.82, 2.24) is 0 Å². The molecular formula is C13H16O4. The van der Waals surface area contributed by atoms with Gasteiger partial charge in [0.15, 0.2) is 11.5 Å². The van der Waals surface area contributed by atoms with Crippen LogP contribution in [-0.4, -0.2) is 25.3 Å². The average molecular weight is 236 g/mol. The number of carboxylic acid groups (broad SMARTS) is 1. The third-order valence-corrected chi connectivity index (χ3v) is 3.32. The second-order valence-electron chi connectivity index (χ2n) is 4.39. The molecule has 0 atom stereocenters. The zero-order valence-electron chi connectivity index (χ0n) is 10.0. The van der Waals surface area contributed by atoms with Crippen molar-refractivity contribution in [2.45, 2.75) is 24.7 Å². The Bertz CT molecular complexity index is 435. The standard InChI is InChI=1S/C13H16O4/c1-16-10-5-3-4-9(12(10)17-2)13(6-7-13)8-11(14)15/h3-5H,6-8H2,1-2H3,(H,14,15). The second kappa shape index (κ2) is 4.28. The van der Waals surface area contributed by atoms with Crippen LogP contribution in [0.1, 0.15) is 24.8 Å². The minimum Gasteiger partial charge on any atom is -0.493 e. The summed E-state index contributed by atoms with van der Waals surface area (Å²) in [6.07, 6.45) is 1.93. The number of carbonyl (C=O) groups is 1. The van der Waals surface area contributed by atoms with Gasteiger partial charge in [-0.2, -0.15) is 0 Å². The zero-order valence-corrected chi connectivity index (χ0v) is 10.0. The van der Waals surface area contributed by atoms with E-state index in [9.17, 15) is 4.79 Å². The van der Waals surface area contributed by atoms with E-state index in [0.29, 0.717) is 11.5 Å². The van der Waals surface area contributed by atoms with Gasteiger partial charge in [0.1, 0.15) is 0 Å². The molecule has 1 aliphatic rings. The van der Waals surface area contributed by atoms with E-state index < -0.39 is 5.97 Å². The normalized spacial score (nSPS) is 16.4. The van der Waals surface area contributed by atoms with E-state index >= 15 is 0 Å². The number of benzene rings is 1. The van der Waals surface area contributed by atoms with Crippen LogP contribution < -0.4 is 9.47 Å². The van der Waals surface area contributed by atoms with Crippen LogP contribution in [0, 0.1) is 0 Å². The predicted molar refractivity (Wildman–Crippen MR) is 62.7 cm³/mol. The summed E-state index contributed by atoms with van der Waals surface area (Å²) in [6.45, 7) is 0. The maximum absolute atomic E-state index is 10.9. The van der Waals surface area contributed by atoms with Crippen LogP contribution >= 0.6 is 0 Å². The van der Waals surface area contributed by atoms with Gasteiger partial charge < -0.3 is 14.6 Å². The minimum absolute atomic E-state index is 0.149. The summed E-state index contributed by atoms with van der Waals surface area (Å²) in [5.41, 5.74) is 0.688. The Hall–Kier alpha value is -1.71. The Kier molecular flexibility index (Phi) is 2.96. The summed E-state index contributed by atoms with van der Waals surface area (Å²) in [7, 11) is 3.16. The molecular weight excluding hydrogens is 220 g/mol. The first kappa shape index (κ1) is 11.8. The van der Waals surface area contributed by atoms with E-state index in [1.807, 2.05) is 18.2 Å². The SMILES string of the molecule is COc1cccc(C2(CC(=O)O)CC2)c1OC. The molecule has 0 aliphatic heterocycles. The van der Waals surface area contributed by atoms with Gasteiger partial charge in [-0.3, -0.25) is 4.79 Å².